The smallest absolute Gasteiger partial charge is 0.407 e. The molecule has 0 unspecified atom stereocenters. The molecule has 1 fully saturated rings. The summed E-state index contributed by atoms with van der Waals surface area (Å²) in [6, 6.07) is 4.99. The molecule has 2 amide bonds. The van der Waals surface area contributed by atoms with Gasteiger partial charge in [0.2, 0.25) is 5.91 Å². The van der Waals surface area contributed by atoms with Crippen LogP contribution >= 0.6 is 11.6 Å². The summed E-state index contributed by atoms with van der Waals surface area (Å²) in [6.45, 7) is 7.62. The molecule has 7 nitrogen and oxygen atoms in total. The Bertz CT molecular complexity index is 640. The van der Waals surface area contributed by atoms with Crippen molar-refractivity contribution in [1.29, 1.82) is 0 Å². The van der Waals surface area contributed by atoms with Gasteiger partial charge in [0.25, 0.3) is 0 Å². The number of ether oxygens (including phenoxy) is 2. The van der Waals surface area contributed by atoms with Crippen molar-refractivity contribution in [2.45, 2.75) is 45.5 Å². The van der Waals surface area contributed by atoms with E-state index >= 15 is 0 Å². The zero-order valence-corrected chi connectivity index (χ0v) is 16.1. The van der Waals surface area contributed by atoms with Crippen molar-refractivity contribution in [2.24, 2.45) is 0 Å². The summed E-state index contributed by atoms with van der Waals surface area (Å²) in [4.78, 5) is 24.0. The summed E-state index contributed by atoms with van der Waals surface area (Å²) in [5.74, 6) is -0.129. The largest absolute Gasteiger partial charge is 0.444 e. The van der Waals surface area contributed by atoms with Gasteiger partial charge in [0.05, 0.1) is 13.2 Å². The Morgan fingerprint density at radius 3 is 2.65 bits per heavy atom. The molecule has 0 bridgehead atoms. The molecule has 3 N–H and O–H groups in total. The predicted molar refractivity (Wildman–Crippen MR) is 99.0 cm³/mol. The van der Waals surface area contributed by atoms with Crippen molar-refractivity contribution in [1.82, 2.24) is 16.0 Å². The number of alkyl carbamates (subject to hydrolysis) is 1. The van der Waals surface area contributed by atoms with Crippen LogP contribution in [0.1, 0.15) is 31.9 Å². The molecule has 1 saturated heterocycles. The highest BCUT2D eigenvalue weighted by Crippen LogP contribution is 2.17. The molecule has 0 spiro atoms. The topological polar surface area (TPSA) is 88.7 Å². The minimum Gasteiger partial charge on any atom is -0.444 e. The first-order valence-electron chi connectivity index (χ1n) is 8.57. The normalized spacial score (nSPS) is 17.5. The molecule has 0 aromatic heterocycles. The van der Waals surface area contributed by atoms with Crippen LogP contribution < -0.4 is 16.0 Å². The van der Waals surface area contributed by atoms with Gasteiger partial charge < -0.3 is 25.4 Å². The number of amides is 2. The van der Waals surface area contributed by atoms with E-state index in [1.54, 1.807) is 32.9 Å². The number of rotatable bonds is 5. The van der Waals surface area contributed by atoms with Gasteiger partial charge in [0.1, 0.15) is 11.6 Å². The number of nitrogens with one attached hydrogen (secondary N) is 3. The number of halogens is 1. The molecule has 2 rings (SSSR count). The summed E-state index contributed by atoms with van der Waals surface area (Å²) in [5.41, 5.74) is 1.13. The van der Waals surface area contributed by atoms with E-state index < -0.39 is 11.7 Å². The molecule has 0 radical (unpaired) electrons. The van der Waals surface area contributed by atoms with Crippen LogP contribution in [0.3, 0.4) is 0 Å². The minimum absolute atomic E-state index is 0.129. The van der Waals surface area contributed by atoms with Gasteiger partial charge in [-0.05, 0) is 44.0 Å². The van der Waals surface area contributed by atoms with E-state index in [0.29, 0.717) is 31.3 Å². The molecule has 1 aromatic carbocycles. The Balaban J connectivity index is 1.94. The second kappa shape index (κ2) is 9.21. The van der Waals surface area contributed by atoms with E-state index in [2.05, 4.69) is 16.0 Å². The molecule has 1 atom stereocenters. The first kappa shape index (κ1) is 20.5. The molecule has 1 aliphatic heterocycles. The Hall–Kier alpha value is -1.83. The van der Waals surface area contributed by atoms with Gasteiger partial charge in [0.15, 0.2) is 0 Å². The van der Waals surface area contributed by atoms with Crippen LogP contribution in [0.4, 0.5) is 4.79 Å². The fourth-order valence-corrected chi connectivity index (χ4v) is 2.65. The minimum atomic E-state index is -0.560. The van der Waals surface area contributed by atoms with Crippen LogP contribution in [0.15, 0.2) is 18.2 Å². The molecule has 26 heavy (non-hydrogen) atoms. The van der Waals surface area contributed by atoms with Gasteiger partial charge in [0, 0.05) is 24.7 Å². The van der Waals surface area contributed by atoms with Crippen molar-refractivity contribution >= 4 is 23.6 Å². The monoisotopic (exact) mass is 383 g/mol. The maximum atomic E-state index is 12.2. The van der Waals surface area contributed by atoms with E-state index in [0.717, 1.165) is 11.1 Å². The summed E-state index contributed by atoms with van der Waals surface area (Å²) < 4.78 is 10.5. The molecular formula is C18H26ClN3O4. The Morgan fingerprint density at radius 1 is 1.27 bits per heavy atom. The van der Waals surface area contributed by atoms with Gasteiger partial charge in [-0.2, -0.15) is 0 Å². The summed E-state index contributed by atoms with van der Waals surface area (Å²) in [7, 11) is 0. The molecule has 1 aromatic rings. The number of carbonyl (C=O) groups excluding carboxylic acids is 2. The Kier molecular flexibility index (Phi) is 7.25. The number of hydrogen-bond donors (Lipinski definition) is 3. The summed E-state index contributed by atoms with van der Waals surface area (Å²) >= 11 is 6.07. The lowest BCUT2D eigenvalue weighted by atomic mass is 10.1. The van der Waals surface area contributed by atoms with E-state index in [9.17, 15) is 9.59 Å². The van der Waals surface area contributed by atoms with Crippen molar-refractivity contribution in [2.75, 3.05) is 19.8 Å². The predicted octanol–water partition coefficient (Wildman–Crippen LogP) is 1.97. The summed E-state index contributed by atoms with van der Waals surface area (Å²) in [5, 5.41) is 9.27. The molecule has 0 aliphatic carbocycles. The van der Waals surface area contributed by atoms with Crippen LogP contribution in [0.5, 0.6) is 0 Å². The number of benzene rings is 1. The van der Waals surface area contributed by atoms with Crippen molar-refractivity contribution < 1.29 is 19.1 Å². The fourth-order valence-electron chi connectivity index (χ4n) is 2.45. The van der Waals surface area contributed by atoms with Crippen LogP contribution in [0.2, 0.25) is 5.02 Å². The highest BCUT2D eigenvalue weighted by atomic mass is 35.5. The van der Waals surface area contributed by atoms with Crippen LogP contribution in [0.25, 0.3) is 0 Å². The van der Waals surface area contributed by atoms with Crippen LogP contribution in [-0.2, 0) is 27.4 Å². The lowest BCUT2D eigenvalue weighted by Gasteiger charge is -2.23. The fraction of sp³-hybridized carbons (Fsp3) is 0.556. The average Bonchev–Trinajstić information content (AvgIpc) is 2.58. The van der Waals surface area contributed by atoms with E-state index in [-0.39, 0.29) is 18.5 Å². The highest BCUT2D eigenvalue weighted by Gasteiger charge is 2.21. The van der Waals surface area contributed by atoms with Gasteiger partial charge in [-0.25, -0.2) is 4.79 Å². The average molecular weight is 384 g/mol. The molecule has 1 heterocycles. The maximum Gasteiger partial charge on any atom is 0.407 e. The first-order valence-corrected chi connectivity index (χ1v) is 8.95. The number of carbonyl (C=O) groups is 2. The zero-order valence-electron chi connectivity index (χ0n) is 15.4. The number of hydrogen-bond acceptors (Lipinski definition) is 5. The van der Waals surface area contributed by atoms with Crippen LogP contribution in [0, 0.1) is 0 Å². The lowest BCUT2D eigenvalue weighted by molar-refractivity contribution is -0.126. The lowest BCUT2D eigenvalue weighted by Crippen LogP contribution is -2.51. The second-order valence-corrected chi connectivity index (χ2v) is 7.50. The van der Waals surface area contributed by atoms with Gasteiger partial charge in [-0.3, -0.25) is 4.79 Å². The van der Waals surface area contributed by atoms with Crippen molar-refractivity contribution in [3.8, 4) is 0 Å². The molecule has 1 aliphatic rings. The maximum absolute atomic E-state index is 12.2. The zero-order chi connectivity index (χ0) is 19.2. The Labute approximate surface area is 158 Å². The van der Waals surface area contributed by atoms with E-state index in [1.807, 2.05) is 6.07 Å². The highest BCUT2D eigenvalue weighted by molar-refractivity contribution is 6.30. The standard InChI is InChI=1S/C18H26ClN3O4/c1-18(2,3)26-17(24)22-9-12-4-5-14(19)8-13(12)10-21-16(23)15-11-25-7-6-20-15/h4-5,8,15,20H,6-7,9-11H2,1-3H3,(H,21,23)(H,22,24)/t15-/m0/s1. The van der Waals surface area contributed by atoms with Gasteiger partial charge >= 0.3 is 6.09 Å². The Morgan fingerprint density at radius 2 is 2.00 bits per heavy atom. The number of morpholine rings is 1. The molecular weight excluding hydrogens is 358 g/mol. The molecule has 144 valence electrons. The van der Waals surface area contributed by atoms with Crippen LogP contribution in [-0.4, -0.2) is 43.4 Å². The van der Waals surface area contributed by atoms with E-state index in [4.69, 9.17) is 21.1 Å². The summed E-state index contributed by atoms with van der Waals surface area (Å²) in [6.07, 6.45) is -0.494. The molecule has 0 saturated carbocycles. The SMILES string of the molecule is CC(C)(C)OC(=O)NCc1ccc(Cl)cc1CNC(=O)[C@@H]1COCCN1. The molecule has 8 heteroatoms. The third-order valence-corrected chi connectivity index (χ3v) is 3.92. The third-order valence-electron chi connectivity index (χ3n) is 3.68. The van der Waals surface area contributed by atoms with Crippen molar-refractivity contribution in [3.05, 3.63) is 34.3 Å². The first-order chi connectivity index (χ1) is 12.2. The third kappa shape index (κ3) is 6.82. The van der Waals surface area contributed by atoms with Gasteiger partial charge in [-0.1, -0.05) is 17.7 Å². The second-order valence-electron chi connectivity index (χ2n) is 7.07. The van der Waals surface area contributed by atoms with Crippen molar-refractivity contribution in [3.63, 3.8) is 0 Å². The van der Waals surface area contributed by atoms with E-state index in [1.165, 1.54) is 0 Å². The van der Waals surface area contributed by atoms with Gasteiger partial charge in [-0.15, -0.1) is 0 Å². The quantitative estimate of drug-likeness (QED) is 0.723.